The molecule has 0 spiro atoms. The van der Waals surface area contributed by atoms with E-state index < -0.39 is 11.6 Å². The summed E-state index contributed by atoms with van der Waals surface area (Å²) in [5, 5.41) is 10.9. The Balaban J connectivity index is 2.35. The molecule has 0 aliphatic heterocycles. The van der Waals surface area contributed by atoms with Crippen LogP contribution in [0.2, 0.25) is 0 Å². The first-order valence-corrected chi connectivity index (χ1v) is 6.18. The van der Waals surface area contributed by atoms with Gasteiger partial charge in [-0.2, -0.15) is 0 Å². The number of hydrogen-bond donors (Lipinski definition) is 3. The molecule has 114 valence electrons. The molecular weight excluding hydrogens is 292 g/mol. The highest BCUT2D eigenvalue weighted by Crippen LogP contribution is 2.13. The Morgan fingerprint density at radius 1 is 1.32 bits per heavy atom. The van der Waals surface area contributed by atoms with Gasteiger partial charge in [0.2, 0.25) is 0 Å². The van der Waals surface area contributed by atoms with Gasteiger partial charge in [-0.05, 0) is 12.1 Å². The number of amidine groups is 1. The fourth-order valence-electron chi connectivity index (χ4n) is 1.61. The SMILES string of the molecule is N=C(N)/C(N)=C/C(=NCc1cccc(F)c1F)c1ccon1. The van der Waals surface area contributed by atoms with Crippen LogP contribution in [0.15, 0.2) is 51.8 Å². The van der Waals surface area contributed by atoms with Crippen LogP contribution in [0.1, 0.15) is 11.3 Å². The van der Waals surface area contributed by atoms with Gasteiger partial charge in [0.25, 0.3) is 0 Å². The van der Waals surface area contributed by atoms with Crippen molar-refractivity contribution in [3.05, 3.63) is 65.2 Å². The summed E-state index contributed by atoms with van der Waals surface area (Å²) in [5.41, 5.74) is 11.5. The minimum absolute atomic E-state index is 0.0264. The summed E-state index contributed by atoms with van der Waals surface area (Å²) < 4.78 is 31.5. The van der Waals surface area contributed by atoms with Crippen LogP contribution < -0.4 is 11.5 Å². The second-order valence-corrected chi connectivity index (χ2v) is 4.31. The van der Waals surface area contributed by atoms with Gasteiger partial charge in [0.1, 0.15) is 17.8 Å². The number of nitrogens with zero attached hydrogens (tertiary/aromatic N) is 2. The number of aliphatic imine (C=N–C) groups is 1. The molecule has 2 aromatic rings. The van der Waals surface area contributed by atoms with Crippen molar-refractivity contribution in [2.75, 3.05) is 0 Å². The molecule has 0 atom stereocenters. The normalized spacial score (nSPS) is 12.5. The van der Waals surface area contributed by atoms with Gasteiger partial charge in [-0.15, -0.1) is 0 Å². The van der Waals surface area contributed by atoms with Crippen molar-refractivity contribution in [2.45, 2.75) is 6.54 Å². The van der Waals surface area contributed by atoms with Gasteiger partial charge in [0.05, 0.1) is 18.0 Å². The fourth-order valence-corrected chi connectivity index (χ4v) is 1.61. The highest BCUT2D eigenvalue weighted by Gasteiger charge is 2.10. The lowest BCUT2D eigenvalue weighted by Crippen LogP contribution is -2.20. The number of rotatable bonds is 5. The van der Waals surface area contributed by atoms with E-state index in [1.807, 2.05) is 0 Å². The topological polar surface area (TPSA) is 114 Å². The van der Waals surface area contributed by atoms with E-state index in [4.69, 9.17) is 21.4 Å². The second kappa shape index (κ2) is 6.61. The second-order valence-electron chi connectivity index (χ2n) is 4.31. The van der Waals surface area contributed by atoms with Gasteiger partial charge >= 0.3 is 0 Å². The zero-order valence-electron chi connectivity index (χ0n) is 11.4. The predicted octanol–water partition coefficient (Wildman–Crippen LogP) is 1.72. The van der Waals surface area contributed by atoms with Crippen molar-refractivity contribution in [1.82, 2.24) is 5.16 Å². The van der Waals surface area contributed by atoms with Crippen LogP contribution in [0.5, 0.6) is 0 Å². The van der Waals surface area contributed by atoms with Gasteiger partial charge in [0.15, 0.2) is 11.6 Å². The summed E-state index contributed by atoms with van der Waals surface area (Å²) >= 11 is 0. The fraction of sp³-hybridized carbons (Fsp3) is 0.0714. The molecule has 0 saturated heterocycles. The highest BCUT2D eigenvalue weighted by atomic mass is 19.2. The molecule has 0 radical (unpaired) electrons. The molecule has 6 nitrogen and oxygen atoms in total. The minimum Gasteiger partial charge on any atom is -0.396 e. The lowest BCUT2D eigenvalue weighted by molar-refractivity contribution is 0.418. The zero-order chi connectivity index (χ0) is 16.1. The smallest absolute Gasteiger partial charge is 0.163 e. The summed E-state index contributed by atoms with van der Waals surface area (Å²) in [5.74, 6) is -2.25. The number of halogens is 2. The molecule has 0 bridgehead atoms. The molecule has 0 aliphatic carbocycles. The van der Waals surface area contributed by atoms with Crippen LogP contribution in [0.4, 0.5) is 8.78 Å². The standard InChI is InChI=1S/C14H13F2N5O/c15-9-3-1-2-8(13(9)16)7-20-12(6-10(17)14(18)19)11-4-5-22-21-11/h1-6H,7,17H2,(H3,18,19)/b10-6-,20-12?. The van der Waals surface area contributed by atoms with E-state index in [1.54, 1.807) is 0 Å². The van der Waals surface area contributed by atoms with E-state index in [9.17, 15) is 8.78 Å². The maximum atomic E-state index is 13.6. The molecule has 0 unspecified atom stereocenters. The lowest BCUT2D eigenvalue weighted by atomic mass is 10.2. The average Bonchev–Trinajstić information content (AvgIpc) is 3.01. The third-order valence-electron chi connectivity index (χ3n) is 2.75. The van der Waals surface area contributed by atoms with Crippen LogP contribution in [0.3, 0.4) is 0 Å². The van der Waals surface area contributed by atoms with Crippen molar-refractivity contribution >= 4 is 11.5 Å². The van der Waals surface area contributed by atoms with Gasteiger partial charge < -0.3 is 16.0 Å². The third-order valence-corrected chi connectivity index (χ3v) is 2.75. The van der Waals surface area contributed by atoms with Gasteiger partial charge in [-0.3, -0.25) is 10.4 Å². The minimum atomic E-state index is -0.964. The van der Waals surface area contributed by atoms with Crippen LogP contribution >= 0.6 is 0 Å². The zero-order valence-corrected chi connectivity index (χ0v) is 11.4. The summed E-state index contributed by atoms with van der Waals surface area (Å²) in [6.07, 6.45) is 2.64. The van der Waals surface area contributed by atoms with E-state index in [0.29, 0.717) is 5.69 Å². The first kappa shape index (κ1) is 15.4. The molecule has 22 heavy (non-hydrogen) atoms. The maximum Gasteiger partial charge on any atom is 0.163 e. The van der Waals surface area contributed by atoms with Crippen LogP contribution in [-0.4, -0.2) is 16.7 Å². The Morgan fingerprint density at radius 3 is 2.73 bits per heavy atom. The Morgan fingerprint density at radius 2 is 2.09 bits per heavy atom. The molecule has 5 N–H and O–H groups in total. The Labute approximate surface area is 124 Å². The van der Waals surface area contributed by atoms with Crippen LogP contribution in [0, 0.1) is 17.0 Å². The molecular formula is C14H13F2N5O. The molecule has 1 aromatic carbocycles. The van der Waals surface area contributed by atoms with Crippen molar-refractivity contribution < 1.29 is 13.3 Å². The Hall–Kier alpha value is -3.03. The Kier molecular flexibility index (Phi) is 4.62. The number of benzene rings is 1. The first-order chi connectivity index (χ1) is 10.5. The predicted molar refractivity (Wildman–Crippen MR) is 77.3 cm³/mol. The third kappa shape index (κ3) is 3.54. The molecule has 0 saturated carbocycles. The molecule has 2 rings (SSSR count). The Bertz CT molecular complexity index is 738. The average molecular weight is 305 g/mol. The van der Waals surface area contributed by atoms with E-state index in [2.05, 4.69) is 10.1 Å². The van der Waals surface area contributed by atoms with E-state index >= 15 is 0 Å². The number of hydrogen-bond acceptors (Lipinski definition) is 5. The van der Waals surface area contributed by atoms with Gasteiger partial charge in [-0.1, -0.05) is 17.3 Å². The summed E-state index contributed by atoms with van der Waals surface area (Å²) in [7, 11) is 0. The summed E-state index contributed by atoms with van der Waals surface area (Å²) in [6, 6.07) is 5.35. The lowest BCUT2D eigenvalue weighted by Gasteiger charge is -2.03. The van der Waals surface area contributed by atoms with Crippen molar-refractivity contribution in [3.63, 3.8) is 0 Å². The maximum absolute atomic E-state index is 13.6. The van der Waals surface area contributed by atoms with E-state index in [-0.39, 0.29) is 29.4 Å². The first-order valence-electron chi connectivity index (χ1n) is 6.18. The van der Waals surface area contributed by atoms with Crippen molar-refractivity contribution in [1.29, 1.82) is 5.41 Å². The summed E-state index contributed by atoms with van der Waals surface area (Å²) in [6.45, 7) is -0.131. The molecule has 1 heterocycles. The van der Waals surface area contributed by atoms with E-state index in [0.717, 1.165) is 6.07 Å². The van der Waals surface area contributed by atoms with Crippen molar-refractivity contribution in [2.24, 2.45) is 16.5 Å². The van der Waals surface area contributed by atoms with Crippen molar-refractivity contribution in [3.8, 4) is 0 Å². The monoisotopic (exact) mass is 305 g/mol. The van der Waals surface area contributed by atoms with Crippen LogP contribution in [-0.2, 0) is 6.54 Å². The number of allylic oxidation sites excluding steroid dienone is 1. The van der Waals surface area contributed by atoms with E-state index in [1.165, 1.54) is 30.5 Å². The van der Waals surface area contributed by atoms with Crippen LogP contribution in [0.25, 0.3) is 0 Å². The number of nitrogens with two attached hydrogens (primary N) is 2. The molecule has 0 fully saturated rings. The molecule has 0 aliphatic rings. The van der Waals surface area contributed by atoms with Gasteiger partial charge in [-0.25, -0.2) is 8.78 Å². The molecule has 8 heteroatoms. The van der Waals surface area contributed by atoms with Gasteiger partial charge in [0, 0.05) is 11.6 Å². The summed E-state index contributed by atoms with van der Waals surface area (Å²) in [4.78, 5) is 4.14. The quantitative estimate of drug-likeness (QED) is 0.576. The number of aromatic nitrogens is 1. The number of nitrogens with one attached hydrogen (secondary N) is 1. The highest BCUT2D eigenvalue weighted by molar-refractivity contribution is 6.11. The molecule has 1 aromatic heterocycles. The largest absolute Gasteiger partial charge is 0.396 e. The molecule has 0 amide bonds.